The second-order valence-corrected chi connectivity index (χ2v) is 6.11. The molecule has 132 valence electrons. The van der Waals surface area contributed by atoms with Crippen molar-refractivity contribution in [1.29, 1.82) is 0 Å². The van der Waals surface area contributed by atoms with E-state index in [9.17, 15) is 22.8 Å². The van der Waals surface area contributed by atoms with Crippen molar-refractivity contribution in [3.63, 3.8) is 0 Å². The van der Waals surface area contributed by atoms with E-state index in [1.54, 1.807) is 4.90 Å². The third-order valence-electron chi connectivity index (χ3n) is 4.17. The van der Waals surface area contributed by atoms with E-state index in [1.165, 1.54) is 6.07 Å². The monoisotopic (exact) mass is 362 g/mol. The molecule has 1 saturated carbocycles. The summed E-state index contributed by atoms with van der Waals surface area (Å²) < 4.78 is 38.6. The average Bonchev–Trinajstić information content (AvgIpc) is 3.31. The summed E-state index contributed by atoms with van der Waals surface area (Å²) in [7, 11) is 0. The van der Waals surface area contributed by atoms with E-state index >= 15 is 0 Å². The van der Waals surface area contributed by atoms with Crippen LogP contribution in [0.25, 0.3) is 0 Å². The van der Waals surface area contributed by atoms with Crippen LogP contribution in [0.4, 0.5) is 18.9 Å². The van der Waals surface area contributed by atoms with Crippen molar-refractivity contribution < 1.29 is 22.8 Å². The zero-order valence-corrected chi connectivity index (χ0v) is 14.1. The van der Waals surface area contributed by atoms with Crippen molar-refractivity contribution in [2.45, 2.75) is 32.9 Å². The van der Waals surface area contributed by atoms with Crippen LogP contribution in [0.1, 0.15) is 32.3 Å². The Labute approximate surface area is 143 Å². The standard InChI is InChI=1S/C16H18ClF3N2O2/c1-3-22(4-2)14(24)15(7-8-15)13(23)21-10-5-6-12(17)11(9-10)16(18,19)20/h5-6,9H,3-4,7-8H2,1-2H3,(H,21,23). The van der Waals surface area contributed by atoms with Gasteiger partial charge in [-0.25, -0.2) is 0 Å². The maximum atomic E-state index is 12.9. The molecule has 4 nitrogen and oxygen atoms in total. The van der Waals surface area contributed by atoms with Crippen LogP contribution in [0.2, 0.25) is 5.02 Å². The first-order valence-corrected chi connectivity index (χ1v) is 8.01. The zero-order chi connectivity index (χ0) is 18.1. The lowest BCUT2D eigenvalue weighted by molar-refractivity contribution is -0.142. The van der Waals surface area contributed by atoms with E-state index in [2.05, 4.69) is 5.32 Å². The fraction of sp³-hybridized carbons (Fsp3) is 0.500. The van der Waals surface area contributed by atoms with Gasteiger partial charge < -0.3 is 10.2 Å². The Morgan fingerprint density at radius 3 is 2.29 bits per heavy atom. The number of anilines is 1. The number of hydrogen-bond acceptors (Lipinski definition) is 2. The first-order chi connectivity index (χ1) is 11.2. The lowest BCUT2D eigenvalue weighted by Gasteiger charge is -2.24. The van der Waals surface area contributed by atoms with Crippen LogP contribution in [0, 0.1) is 5.41 Å². The molecule has 1 aliphatic carbocycles. The molecule has 8 heteroatoms. The molecule has 2 amide bonds. The normalized spacial score (nSPS) is 15.8. The summed E-state index contributed by atoms with van der Waals surface area (Å²) in [6.07, 6.45) is -3.83. The second kappa shape index (κ2) is 6.63. The Hall–Kier alpha value is -1.76. The van der Waals surface area contributed by atoms with Gasteiger partial charge in [-0.1, -0.05) is 11.6 Å². The van der Waals surface area contributed by atoms with Crippen molar-refractivity contribution in [2.75, 3.05) is 18.4 Å². The predicted molar refractivity (Wildman–Crippen MR) is 84.7 cm³/mol. The van der Waals surface area contributed by atoms with Crippen molar-refractivity contribution in [1.82, 2.24) is 4.90 Å². The number of rotatable bonds is 5. The molecule has 0 aliphatic heterocycles. The third kappa shape index (κ3) is 3.50. The summed E-state index contributed by atoms with van der Waals surface area (Å²) in [6, 6.07) is 3.14. The van der Waals surface area contributed by atoms with Gasteiger partial charge in [0.1, 0.15) is 5.41 Å². The number of nitrogens with zero attached hydrogens (tertiary/aromatic N) is 1. The van der Waals surface area contributed by atoms with Crippen molar-refractivity contribution in [3.8, 4) is 0 Å². The quantitative estimate of drug-likeness (QED) is 0.806. The lowest BCUT2D eigenvalue weighted by Crippen LogP contribution is -2.42. The van der Waals surface area contributed by atoms with Gasteiger partial charge in [-0.15, -0.1) is 0 Å². The maximum Gasteiger partial charge on any atom is 0.417 e. The summed E-state index contributed by atoms with van der Waals surface area (Å²) in [5, 5.41) is 1.98. The summed E-state index contributed by atoms with van der Waals surface area (Å²) in [6.45, 7) is 4.57. The van der Waals surface area contributed by atoms with Crippen molar-refractivity contribution in [3.05, 3.63) is 28.8 Å². The van der Waals surface area contributed by atoms with Gasteiger partial charge in [-0.3, -0.25) is 9.59 Å². The first kappa shape index (κ1) is 18.6. The molecule has 0 unspecified atom stereocenters. The van der Waals surface area contributed by atoms with Gasteiger partial charge in [0.2, 0.25) is 11.8 Å². The van der Waals surface area contributed by atoms with E-state index in [4.69, 9.17) is 11.6 Å². The summed E-state index contributed by atoms with van der Waals surface area (Å²) in [4.78, 5) is 26.5. The third-order valence-corrected chi connectivity index (χ3v) is 4.50. The van der Waals surface area contributed by atoms with E-state index in [0.717, 1.165) is 12.1 Å². The molecule has 1 aromatic carbocycles. The number of benzene rings is 1. The second-order valence-electron chi connectivity index (χ2n) is 5.71. The molecule has 2 rings (SSSR count). The minimum atomic E-state index is -4.62. The molecule has 0 aromatic heterocycles. The highest BCUT2D eigenvalue weighted by atomic mass is 35.5. The van der Waals surface area contributed by atoms with E-state index in [-0.39, 0.29) is 11.6 Å². The number of hydrogen-bond donors (Lipinski definition) is 1. The summed E-state index contributed by atoms with van der Waals surface area (Å²) >= 11 is 5.56. The van der Waals surface area contributed by atoms with Crippen LogP contribution < -0.4 is 5.32 Å². The molecule has 0 saturated heterocycles. The Balaban J connectivity index is 2.20. The van der Waals surface area contributed by atoms with Crippen LogP contribution in [0.15, 0.2) is 18.2 Å². The molecular formula is C16H18ClF3N2O2. The van der Waals surface area contributed by atoms with Crippen LogP contribution in [-0.4, -0.2) is 29.8 Å². The Morgan fingerprint density at radius 2 is 1.83 bits per heavy atom. The fourth-order valence-corrected chi connectivity index (χ4v) is 2.77. The minimum absolute atomic E-state index is 0.0321. The number of halogens is 4. The lowest BCUT2D eigenvalue weighted by atomic mass is 10.0. The topological polar surface area (TPSA) is 49.4 Å². The molecule has 0 bridgehead atoms. The van der Waals surface area contributed by atoms with E-state index in [0.29, 0.717) is 25.9 Å². The molecule has 0 spiro atoms. The van der Waals surface area contributed by atoms with Crippen LogP contribution >= 0.6 is 11.6 Å². The number of nitrogens with one attached hydrogen (secondary N) is 1. The predicted octanol–water partition coefficient (Wildman–Crippen LogP) is 3.95. The highest BCUT2D eigenvalue weighted by molar-refractivity contribution is 6.31. The molecule has 24 heavy (non-hydrogen) atoms. The van der Waals surface area contributed by atoms with E-state index < -0.39 is 28.1 Å². The smallest absolute Gasteiger partial charge is 0.342 e. The van der Waals surface area contributed by atoms with Gasteiger partial charge in [0, 0.05) is 18.8 Å². The van der Waals surface area contributed by atoms with Gasteiger partial charge in [0.15, 0.2) is 0 Å². The molecular weight excluding hydrogens is 345 g/mol. The molecule has 0 heterocycles. The van der Waals surface area contributed by atoms with Crippen LogP contribution in [-0.2, 0) is 15.8 Å². The van der Waals surface area contributed by atoms with Gasteiger partial charge in [-0.05, 0) is 44.9 Å². The Bertz CT molecular complexity index is 653. The number of alkyl halides is 3. The van der Waals surface area contributed by atoms with Crippen LogP contribution in [0.3, 0.4) is 0 Å². The largest absolute Gasteiger partial charge is 0.417 e. The zero-order valence-electron chi connectivity index (χ0n) is 13.3. The average molecular weight is 363 g/mol. The fourth-order valence-electron chi connectivity index (χ4n) is 2.55. The van der Waals surface area contributed by atoms with E-state index in [1.807, 2.05) is 13.8 Å². The van der Waals surface area contributed by atoms with Gasteiger partial charge in [-0.2, -0.15) is 13.2 Å². The summed E-state index contributed by atoms with van der Waals surface area (Å²) in [5.41, 5.74) is -2.22. The molecule has 1 aromatic rings. The number of amides is 2. The van der Waals surface area contributed by atoms with Crippen molar-refractivity contribution >= 4 is 29.1 Å². The molecule has 0 atom stereocenters. The molecule has 1 N–H and O–H groups in total. The highest BCUT2D eigenvalue weighted by Crippen LogP contribution is 2.48. The van der Waals surface area contributed by atoms with Crippen molar-refractivity contribution in [2.24, 2.45) is 5.41 Å². The SMILES string of the molecule is CCN(CC)C(=O)C1(C(=O)Nc2ccc(Cl)c(C(F)(F)F)c2)CC1. The Kier molecular flexibility index (Phi) is 5.13. The Morgan fingerprint density at radius 1 is 1.25 bits per heavy atom. The number of carbonyl (C=O) groups excluding carboxylic acids is 2. The molecule has 1 aliphatic rings. The molecule has 0 radical (unpaired) electrons. The number of carbonyl (C=O) groups is 2. The maximum absolute atomic E-state index is 12.9. The molecule has 1 fully saturated rings. The highest BCUT2D eigenvalue weighted by Gasteiger charge is 2.57. The van der Waals surface area contributed by atoms with Gasteiger partial charge >= 0.3 is 6.18 Å². The van der Waals surface area contributed by atoms with Gasteiger partial charge in [0.25, 0.3) is 0 Å². The summed E-state index contributed by atoms with van der Waals surface area (Å²) in [5.74, 6) is -0.857. The van der Waals surface area contributed by atoms with Gasteiger partial charge in [0.05, 0.1) is 10.6 Å². The minimum Gasteiger partial charge on any atom is -0.342 e. The van der Waals surface area contributed by atoms with Crippen LogP contribution in [0.5, 0.6) is 0 Å². The first-order valence-electron chi connectivity index (χ1n) is 7.63.